The van der Waals surface area contributed by atoms with Crippen LogP contribution >= 0.6 is 22.7 Å². The largest absolute Gasteiger partial charge is 0.497 e. The monoisotopic (exact) mass is 482 g/mol. The maximum atomic E-state index is 13.6. The Bertz CT molecular complexity index is 1410. The number of carbonyl (C=O) groups is 1. The highest BCUT2D eigenvalue weighted by atomic mass is 32.1. The molecule has 0 radical (unpaired) electrons. The molecule has 4 rings (SSSR count). The van der Waals surface area contributed by atoms with Gasteiger partial charge in [-0.15, -0.1) is 11.3 Å². The van der Waals surface area contributed by atoms with Gasteiger partial charge in [0.2, 0.25) is 0 Å². The smallest absolute Gasteiger partial charge is 0.338 e. The predicted molar refractivity (Wildman–Crippen MR) is 129 cm³/mol. The number of hydrogen-bond acceptors (Lipinski definition) is 8. The maximum absolute atomic E-state index is 13.6. The van der Waals surface area contributed by atoms with Crippen LogP contribution < -0.4 is 24.4 Å². The Kier molecular flexibility index (Phi) is 6.62. The summed E-state index contributed by atoms with van der Waals surface area (Å²) in [6.07, 6.45) is 3.27. The van der Waals surface area contributed by atoms with Crippen LogP contribution in [-0.2, 0) is 9.53 Å². The third kappa shape index (κ3) is 4.29. The van der Waals surface area contributed by atoms with Crippen molar-refractivity contribution >= 4 is 34.7 Å². The standard InChI is InChI=1S/C24H22N2O5S2/c1-5-10-31-23(28)20-14(2)25-24-26(21(20)18-7-6-11-32-18)22(27)19(33-24)12-15-8-9-16(29-3)13-17(15)30-4/h5-9,11-13,21H,1,10H2,2-4H3/b19-12-/t21-/m1/s1. The van der Waals surface area contributed by atoms with Gasteiger partial charge in [-0.2, -0.15) is 0 Å². The van der Waals surface area contributed by atoms with Gasteiger partial charge in [-0.05, 0) is 36.6 Å². The van der Waals surface area contributed by atoms with Gasteiger partial charge in [-0.3, -0.25) is 9.36 Å². The summed E-state index contributed by atoms with van der Waals surface area (Å²) >= 11 is 2.74. The molecule has 3 heterocycles. The van der Waals surface area contributed by atoms with Gasteiger partial charge in [0.15, 0.2) is 4.80 Å². The normalized spacial score (nSPS) is 15.6. The van der Waals surface area contributed by atoms with Crippen LogP contribution in [0.2, 0.25) is 0 Å². The van der Waals surface area contributed by atoms with Gasteiger partial charge in [0.1, 0.15) is 24.1 Å². The molecule has 0 fully saturated rings. The molecule has 0 spiro atoms. The fourth-order valence-corrected chi connectivity index (χ4v) is 5.45. The van der Waals surface area contributed by atoms with Crippen molar-refractivity contribution in [3.05, 3.63) is 89.8 Å². The van der Waals surface area contributed by atoms with Gasteiger partial charge in [-0.1, -0.05) is 30.1 Å². The molecule has 1 aliphatic rings. The first kappa shape index (κ1) is 22.8. The summed E-state index contributed by atoms with van der Waals surface area (Å²) in [4.78, 5) is 32.4. The van der Waals surface area contributed by atoms with Crippen LogP contribution in [0.3, 0.4) is 0 Å². The van der Waals surface area contributed by atoms with Crippen LogP contribution in [0.15, 0.2) is 69.4 Å². The summed E-state index contributed by atoms with van der Waals surface area (Å²) in [6.45, 7) is 5.43. The Morgan fingerprint density at radius 2 is 2.09 bits per heavy atom. The number of fused-ring (bicyclic) bond motifs is 1. The van der Waals surface area contributed by atoms with Crippen molar-refractivity contribution in [2.75, 3.05) is 20.8 Å². The molecule has 0 N–H and O–H groups in total. The number of thiazole rings is 1. The number of nitrogens with zero attached hydrogens (tertiary/aromatic N) is 2. The van der Waals surface area contributed by atoms with Gasteiger partial charge >= 0.3 is 5.97 Å². The lowest BCUT2D eigenvalue weighted by Gasteiger charge is -2.23. The highest BCUT2D eigenvalue weighted by Gasteiger charge is 2.33. The second-order valence-corrected chi connectivity index (χ2v) is 9.08. The molecule has 1 aromatic carbocycles. The molecule has 1 atom stereocenters. The van der Waals surface area contributed by atoms with Crippen molar-refractivity contribution in [2.24, 2.45) is 4.99 Å². The Morgan fingerprint density at radius 3 is 2.76 bits per heavy atom. The van der Waals surface area contributed by atoms with E-state index in [2.05, 4.69) is 11.6 Å². The lowest BCUT2D eigenvalue weighted by Crippen LogP contribution is -2.39. The number of hydrogen-bond donors (Lipinski definition) is 0. The van der Waals surface area contributed by atoms with E-state index in [0.29, 0.717) is 32.1 Å². The zero-order valence-electron chi connectivity index (χ0n) is 18.4. The van der Waals surface area contributed by atoms with Crippen LogP contribution in [-0.4, -0.2) is 31.4 Å². The number of ether oxygens (including phenoxy) is 3. The van der Waals surface area contributed by atoms with Crippen LogP contribution in [0.1, 0.15) is 23.4 Å². The molecule has 0 bridgehead atoms. The molecule has 33 heavy (non-hydrogen) atoms. The molecule has 0 saturated heterocycles. The maximum Gasteiger partial charge on any atom is 0.338 e. The van der Waals surface area contributed by atoms with Crippen molar-refractivity contribution < 1.29 is 19.0 Å². The Hall–Kier alpha value is -3.43. The minimum absolute atomic E-state index is 0.0778. The summed E-state index contributed by atoms with van der Waals surface area (Å²) in [6, 6.07) is 8.57. The highest BCUT2D eigenvalue weighted by Crippen LogP contribution is 2.33. The molecule has 3 aromatic rings. The zero-order valence-corrected chi connectivity index (χ0v) is 20.0. The molecular formula is C24H22N2O5S2. The number of aromatic nitrogens is 1. The summed E-state index contributed by atoms with van der Waals surface area (Å²) in [5.74, 6) is 0.724. The van der Waals surface area contributed by atoms with E-state index in [-0.39, 0.29) is 12.2 Å². The molecule has 0 aliphatic carbocycles. The molecule has 1 aliphatic heterocycles. The van der Waals surface area contributed by atoms with Gasteiger partial charge in [-0.25, -0.2) is 9.79 Å². The number of rotatable bonds is 7. The molecule has 7 nitrogen and oxygen atoms in total. The van der Waals surface area contributed by atoms with Gasteiger partial charge < -0.3 is 14.2 Å². The number of methoxy groups -OCH3 is 2. The van der Waals surface area contributed by atoms with E-state index < -0.39 is 12.0 Å². The number of esters is 1. The van der Waals surface area contributed by atoms with E-state index in [1.54, 1.807) is 43.9 Å². The van der Waals surface area contributed by atoms with E-state index in [1.807, 2.05) is 23.6 Å². The second-order valence-electron chi connectivity index (χ2n) is 7.09. The topological polar surface area (TPSA) is 79.1 Å². The highest BCUT2D eigenvalue weighted by molar-refractivity contribution is 7.10. The first-order valence-electron chi connectivity index (χ1n) is 10.0. The third-order valence-corrected chi connectivity index (χ3v) is 7.02. The molecule has 0 saturated carbocycles. The molecular weight excluding hydrogens is 460 g/mol. The van der Waals surface area contributed by atoms with Gasteiger partial charge in [0.05, 0.1) is 30.0 Å². The zero-order chi connectivity index (χ0) is 23.5. The average Bonchev–Trinajstić information content (AvgIpc) is 3.45. The summed E-state index contributed by atoms with van der Waals surface area (Å²) in [7, 11) is 3.14. The molecule has 0 amide bonds. The second kappa shape index (κ2) is 9.60. The first-order valence-corrected chi connectivity index (χ1v) is 11.7. The molecule has 0 unspecified atom stereocenters. The summed E-state index contributed by atoms with van der Waals surface area (Å²) < 4.78 is 18.1. The number of benzene rings is 1. The van der Waals surface area contributed by atoms with Crippen molar-refractivity contribution in [3.63, 3.8) is 0 Å². The Balaban J connectivity index is 1.90. The SMILES string of the molecule is C=CCOC(=O)C1=C(C)N=c2s/c(=C\c3ccc(OC)cc3OC)c(=O)n2[C@@H]1c1cccs1. The summed E-state index contributed by atoms with van der Waals surface area (Å²) in [5, 5.41) is 1.91. The van der Waals surface area contributed by atoms with E-state index in [4.69, 9.17) is 14.2 Å². The van der Waals surface area contributed by atoms with Crippen LogP contribution in [0, 0.1) is 0 Å². The quantitative estimate of drug-likeness (QED) is 0.382. The van der Waals surface area contributed by atoms with Crippen molar-refractivity contribution in [1.29, 1.82) is 0 Å². The fourth-order valence-electron chi connectivity index (χ4n) is 3.59. The van der Waals surface area contributed by atoms with E-state index in [0.717, 1.165) is 10.4 Å². The first-order chi connectivity index (χ1) is 16.0. The van der Waals surface area contributed by atoms with Gasteiger partial charge in [0.25, 0.3) is 5.56 Å². The summed E-state index contributed by atoms with van der Waals surface area (Å²) in [5.41, 5.74) is 1.37. The molecule has 9 heteroatoms. The van der Waals surface area contributed by atoms with Crippen LogP contribution in [0.4, 0.5) is 0 Å². The van der Waals surface area contributed by atoms with E-state index in [9.17, 15) is 9.59 Å². The molecule has 2 aromatic heterocycles. The van der Waals surface area contributed by atoms with Crippen molar-refractivity contribution in [2.45, 2.75) is 13.0 Å². The van der Waals surface area contributed by atoms with Crippen molar-refractivity contribution in [1.82, 2.24) is 4.57 Å². The Morgan fingerprint density at radius 1 is 1.27 bits per heavy atom. The number of thiophene rings is 1. The minimum atomic E-state index is -0.613. The minimum Gasteiger partial charge on any atom is -0.497 e. The average molecular weight is 483 g/mol. The van der Waals surface area contributed by atoms with Crippen LogP contribution in [0.5, 0.6) is 11.5 Å². The van der Waals surface area contributed by atoms with Crippen LogP contribution in [0.25, 0.3) is 6.08 Å². The lowest BCUT2D eigenvalue weighted by atomic mass is 10.0. The number of allylic oxidation sites excluding steroid dienone is 1. The van der Waals surface area contributed by atoms with E-state index >= 15 is 0 Å². The third-order valence-electron chi connectivity index (χ3n) is 5.11. The Labute approximate surface area is 198 Å². The van der Waals surface area contributed by atoms with Crippen molar-refractivity contribution in [3.8, 4) is 11.5 Å². The fraction of sp³-hybridized carbons (Fsp3) is 0.208. The lowest BCUT2D eigenvalue weighted by molar-refractivity contribution is -0.138. The van der Waals surface area contributed by atoms with Gasteiger partial charge in [0, 0.05) is 16.5 Å². The predicted octanol–water partition coefficient (Wildman–Crippen LogP) is 3.04. The van der Waals surface area contributed by atoms with E-state index in [1.165, 1.54) is 28.7 Å². The number of carbonyl (C=O) groups excluding carboxylic acids is 1. The molecule has 170 valence electrons.